The Morgan fingerprint density at radius 3 is 2.60 bits per heavy atom. The van der Waals surface area contributed by atoms with Crippen LogP contribution >= 0.6 is 11.3 Å². The molecule has 3 rings (SSSR count). The van der Waals surface area contributed by atoms with E-state index >= 15 is 0 Å². The maximum atomic E-state index is 12.4. The molecule has 1 aromatic heterocycles. The van der Waals surface area contributed by atoms with Crippen LogP contribution < -0.4 is 10.2 Å². The van der Waals surface area contributed by atoms with Crippen molar-refractivity contribution in [2.45, 2.75) is 40.3 Å². The Labute approximate surface area is 205 Å². The highest BCUT2D eigenvalue weighted by Gasteiger charge is 2.22. The minimum Gasteiger partial charge on any atom is -0.458 e. The Hall–Kier alpha value is -4.12. The molecule has 3 aromatic rings. The molecular weight excluding hydrogens is 472 g/mol. The Morgan fingerprint density at radius 1 is 1.20 bits per heavy atom. The van der Waals surface area contributed by atoms with Gasteiger partial charge in [-0.1, -0.05) is 23.8 Å². The molecular formula is C24H24N4O6S. The van der Waals surface area contributed by atoms with Crippen molar-refractivity contribution in [2.75, 3.05) is 4.90 Å². The minimum atomic E-state index is -0.996. The van der Waals surface area contributed by atoms with Gasteiger partial charge in [0.05, 0.1) is 16.3 Å². The molecule has 2 amide bonds. The number of nitro benzene ring substituents is 1. The number of ether oxygens (including phenoxy) is 1. The second kappa shape index (κ2) is 10.9. The molecule has 0 saturated carbocycles. The number of carbonyl (C=O) groups excluding carboxylic acids is 3. The SMILES string of the molecule is CC(=O)N(c1nc(COC(=O)C(C)NC(=O)c2cccc([N+](=O)[O-])c2)cs1)c1ccc(C)cc1C. The first-order valence-electron chi connectivity index (χ1n) is 10.6. The predicted molar refractivity (Wildman–Crippen MR) is 131 cm³/mol. The number of anilines is 2. The third-order valence-corrected chi connectivity index (χ3v) is 5.90. The second-order valence-electron chi connectivity index (χ2n) is 7.88. The Balaban J connectivity index is 1.63. The number of nitrogens with zero attached hydrogens (tertiary/aromatic N) is 3. The summed E-state index contributed by atoms with van der Waals surface area (Å²) in [5.41, 5.74) is 3.00. The zero-order chi connectivity index (χ0) is 25.7. The molecule has 0 fully saturated rings. The lowest BCUT2D eigenvalue weighted by Gasteiger charge is -2.20. The van der Waals surface area contributed by atoms with Crippen molar-refractivity contribution in [1.29, 1.82) is 0 Å². The van der Waals surface area contributed by atoms with Gasteiger partial charge in [-0.2, -0.15) is 0 Å². The van der Waals surface area contributed by atoms with Crippen LogP contribution in [0.4, 0.5) is 16.5 Å². The van der Waals surface area contributed by atoms with E-state index in [0.29, 0.717) is 10.8 Å². The number of nitrogens with one attached hydrogen (secondary N) is 1. The van der Waals surface area contributed by atoms with Crippen molar-refractivity contribution in [3.63, 3.8) is 0 Å². The number of rotatable bonds is 8. The Kier molecular flexibility index (Phi) is 7.92. The number of aryl methyl sites for hydroxylation is 2. The fraction of sp³-hybridized carbons (Fsp3) is 0.250. The highest BCUT2D eigenvalue weighted by atomic mass is 32.1. The zero-order valence-electron chi connectivity index (χ0n) is 19.6. The molecule has 182 valence electrons. The largest absolute Gasteiger partial charge is 0.458 e. The van der Waals surface area contributed by atoms with Gasteiger partial charge in [0.15, 0.2) is 5.13 Å². The molecule has 35 heavy (non-hydrogen) atoms. The quantitative estimate of drug-likeness (QED) is 0.281. The number of non-ortho nitro benzene ring substituents is 1. The molecule has 0 aliphatic carbocycles. The molecule has 1 heterocycles. The normalized spacial score (nSPS) is 11.4. The molecule has 0 aliphatic heterocycles. The maximum Gasteiger partial charge on any atom is 0.328 e. The smallest absolute Gasteiger partial charge is 0.328 e. The molecule has 1 N–H and O–H groups in total. The average molecular weight is 497 g/mol. The summed E-state index contributed by atoms with van der Waals surface area (Å²) in [4.78, 5) is 53.3. The van der Waals surface area contributed by atoms with Crippen molar-refractivity contribution >= 4 is 45.6 Å². The lowest BCUT2D eigenvalue weighted by atomic mass is 10.1. The Bertz CT molecular complexity index is 1290. The van der Waals surface area contributed by atoms with Crippen LogP contribution in [0.25, 0.3) is 0 Å². The van der Waals surface area contributed by atoms with Gasteiger partial charge in [0.2, 0.25) is 5.91 Å². The summed E-state index contributed by atoms with van der Waals surface area (Å²) in [6.45, 7) is 6.63. The van der Waals surface area contributed by atoms with Crippen LogP contribution in [0.2, 0.25) is 0 Å². The van der Waals surface area contributed by atoms with Crippen LogP contribution in [0, 0.1) is 24.0 Å². The summed E-state index contributed by atoms with van der Waals surface area (Å²) in [7, 11) is 0. The van der Waals surface area contributed by atoms with E-state index in [1.54, 1.807) is 5.38 Å². The molecule has 1 atom stereocenters. The van der Waals surface area contributed by atoms with Gasteiger partial charge in [-0.25, -0.2) is 9.78 Å². The molecule has 2 aromatic carbocycles. The molecule has 10 nitrogen and oxygen atoms in total. The first-order valence-corrected chi connectivity index (χ1v) is 11.5. The van der Waals surface area contributed by atoms with Crippen LogP contribution in [0.3, 0.4) is 0 Å². The lowest BCUT2D eigenvalue weighted by molar-refractivity contribution is -0.384. The van der Waals surface area contributed by atoms with Crippen molar-refractivity contribution in [3.8, 4) is 0 Å². The molecule has 0 spiro atoms. The van der Waals surface area contributed by atoms with E-state index < -0.39 is 22.8 Å². The van der Waals surface area contributed by atoms with Crippen LogP contribution in [0.5, 0.6) is 0 Å². The molecule has 0 saturated heterocycles. The van der Waals surface area contributed by atoms with Gasteiger partial charge in [0.1, 0.15) is 12.6 Å². The monoisotopic (exact) mass is 496 g/mol. The molecule has 0 radical (unpaired) electrons. The number of hydrogen-bond donors (Lipinski definition) is 1. The Morgan fingerprint density at radius 2 is 1.94 bits per heavy atom. The van der Waals surface area contributed by atoms with Crippen LogP contribution in [0.15, 0.2) is 47.8 Å². The zero-order valence-corrected chi connectivity index (χ0v) is 20.4. The van der Waals surface area contributed by atoms with Crippen molar-refractivity contribution in [3.05, 3.63) is 80.3 Å². The summed E-state index contributed by atoms with van der Waals surface area (Å²) in [6, 6.07) is 9.95. The average Bonchev–Trinajstić information content (AvgIpc) is 3.27. The highest BCUT2D eigenvalue weighted by molar-refractivity contribution is 7.14. The van der Waals surface area contributed by atoms with E-state index in [1.807, 2.05) is 32.0 Å². The first kappa shape index (κ1) is 25.5. The number of amides is 2. The summed E-state index contributed by atoms with van der Waals surface area (Å²) in [5.74, 6) is -1.54. The number of benzene rings is 2. The second-order valence-corrected chi connectivity index (χ2v) is 8.71. The van der Waals surface area contributed by atoms with E-state index in [1.165, 1.54) is 48.3 Å². The summed E-state index contributed by atoms with van der Waals surface area (Å²) >= 11 is 1.24. The lowest BCUT2D eigenvalue weighted by Crippen LogP contribution is -2.39. The summed E-state index contributed by atoms with van der Waals surface area (Å²) in [5, 5.41) is 15.5. The van der Waals surface area contributed by atoms with E-state index in [4.69, 9.17) is 4.74 Å². The van der Waals surface area contributed by atoms with Crippen LogP contribution in [-0.4, -0.2) is 33.7 Å². The van der Waals surface area contributed by atoms with Crippen LogP contribution in [0.1, 0.15) is 41.0 Å². The number of esters is 1. The highest BCUT2D eigenvalue weighted by Crippen LogP contribution is 2.31. The van der Waals surface area contributed by atoms with Gasteiger partial charge >= 0.3 is 5.97 Å². The predicted octanol–water partition coefficient (Wildman–Crippen LogP) is 4.21. The van der Waals surface area contributed by atoms with Gasteiger partial charge in [-0.15, -0.1) is 11.3 Å². The molecule has 0 aliphatic rings. The van der Waals surface area contributed by atoms with Gasteiger partial charge in [0.25, 0.3) is 11.6 Å². The third kappa shape index (κ3) is 6.27. The number of aromatic nitrogens is 1. The van der Waals surface area contributed by atoms with Crippen LogP contribution in [-0.2, 0) is 20.9 Å². The molecule has 0 bridgehead atoms. The van der Waals surface area contributed by atoms with Gasteiger partial charge in [0, 0.05) is 30.0 Å². The third-order valence-electron chi connectivity index (χ3n) is 5.02. The van der Waals surface area contributed by atoms with Gasteiger partial charge in [-0.3, -0.25) is 24.6 Å². The number of thiazole rings is 1. The van der Waals surface area contributed by atoms with E-state index in [9.17, 15) is 24.5 Å². The van der Waals surface area contributed by atoms with Gasteiger partial charge < -0.3 is 10.1 Å². The fourth-order valence-corrected chi connectivity index (χ4v) is 4.16. The van der Waals surface area contributed by atoms with Crippen molar-refractivity contribution < 1.29 is 24.0 Å². The van der Waals surface area contributed by atoms with Gasteiger partial charge in [-0.05, 0) is 38.5 Å². The number of carbonyl (C=O) groups is 3. The van der Waals surface area contributed by atoms with E-state index in [2.05, 4.69) is 10.3 Å². The van der Waals surface area contributed by atoms with Crippen molar-refractivity contribution in [1.82, 2.24) is 10.3 Å². The standard InChI is InChI=1S/C24H24N4O6S/c1-14-8-9-21(15(2)10-14)27(17(4)29)24-26-19(13-35-24)12-34-23(31)16(3)25-22(30)18-6-5-7-20(11-18)28(32)33/h5-11,13,16H,12H2,1-4H3,(H,25,30). The maximum absolute atomic E-state index is 12.4. The minimum absolute atomic E-state index is 0.0544. The topological polar surface area (TPSA) is 132 Å². The van der Waals surface area contributed by atoms with Crippen molar-refractivity contribution in [2.24, 2.45) is 0 Å². The first-order chi connectivity index (χ1) is 16.6. The molecule has 11 heteroatoms. The number of nitro groups is 1. The van der Waals surface area contributed by atoms with E-state index in [-0.39, 0.29) is 23.8 Å². The van der Waals surface area contributed by atoms with E-state index in [0.717, 1.165) is 22.9 Å². The molecule has 1 unspecified atom stereocenters. The summed E-state index contributed by atoms with van der Waals surface area (Å²) < 4.78 is 5.27. The number of hydrogen-bond acceptors (Lipinski definition) is 8. The summed E-state index contributed by atoms with van der Waals surface area (Å²) in [6.07, 6.45) is 0. The fourth-order valence-electron chi connectivity index (χ4n) is 3.30.